The lowest BCUT2D eigenvalue weighted by Gasteiger charge is -2.22. The molecule has 0 amide bonds. The maximum absolute atomic E-state index is 10.7. The molecule has 2 aromatic carbocycles. The van der Waals surface area contributed by atoms with Crippen LogP contribution >= 0.6 is 0 Å². The highest BCUT2D eigenvalue weighted by Crippen LogP contribution is 2.34. The molecule has 0 aliphatic heterocycles. The fraction of sp³-hybridized carbons (Fsp3) is 0.250. The van der Waals surface area contributed by atoms with Gasteiger partial charge in [0.25, 0.3) is 0 Å². The standard InChI is InChI=1S/C20H22N2O/c1-14(2)13-22-18(15-7-4-3-5-8-15)17-11-10-16-9-6-12-21-19(16)20(17)23/h3-12,14,18,22-23H,13H2,1-2H3. The minimum atomic E-state index is -0.0509. The molecular formula is C20H22N2O. The zero-order chi connectivity index (χ0) is 16.2. The lowest BCUT2D eigenvalue weighted by molar-refractivity contribution is 0.453. The summed E-state index contributed by atoms with van der Waals surface area (Å²) in [6, 6.07) is 18.0. The normalized spacial score (nSPS) is 12.7. The van der Waals surface area contributed by atoms with E-state index in [4.69, 9.17) is 0 Å². The summed E-state index contributed by atoms with van der Waals surface area (Å²) in [5.41, 5.74) is 2.65. The minimum Gasteiger partial charge on any atom is -0.505 e. The number of fused-ring (bicyclic) bond motifs is 1. The molecule has 0 radical (unpaired) electrons. The number of rotatable bonds is 5. The molecular weight excluding hydrogens is 284 g/mol. The molecule has 2 N–H and O–H groups in total. The van der Waals surface area contributed by atoms with Crippen LogP contribution in [0.5, 0.6) is 5.75 Å². The largest absolute Gasteiger partial charge is 0.505 e. The first kappa shape index (κ1) is 15.5. The average Bonchev–Trinajstić information content (AvgIpc) is 2.58. The fourth-order valence-corrected chi connectivity index (χ4v) is 2.78. The Morgan fingerprint density at radius 2 is 1.78 bits per heavy atom. The van der Waals surface area contributed by atoms with Crippen molar-refractivity contribution in [3.05, 3.63) is 71.9 Å². The molecule has 1 aromatic heterocycles. The summed E-state index contributed by atoms with van der Waals surface area (Å²) < 4.78 is 0. The SMILES string of the molecule is CC(C)CNC(c1ccccc1)c1ccc2cccnc2c1O. The Balaban J connectivity index is 2.07. The second-order valence-electron chi connectivity index (χ2n) is 6.22. The number of hydrogen-bond acceptors (Lipinski definition) is 3. The van der Waals surface area contributed by atoms with Gasteiger partial charge in [-0.3, -0.25) is 4.98 Å². The first-order valence-corrected chi connectivity index (χ1v) is 8.01. The van der Waals surface area contributed by atoms with Crippen LogP contribution in [0.2, 0.25) is 0 Å². The Kier molecular flexibility index (Phi) is 4.58. The summed E-state index contributed by atoms with van der Waals surface area (Å²) in [6.07, 6.45) is 1.71. The Bertz CT molecular complexity index is 784. The maximum atomic E-state index is 10.7. The predicted molar refractivity (Wildman–Crippen MR) is 94.5 cm³/mol. The summed E-state index contributed by atoms with van der Waals surface area (Å²) in [6.45, 7) is 5.23. The molecule has 0 fully saturated rings. The summed E-state index contributed by atoms with van der Waals surface area (Å²) in [5.74, 6) is 0.787. The number of hydrogen-bond donors (Lipinski definition) is 2. The second kappa shape index (κ2) is 6.80. The highest BCUT2D eigenvalue weighted by molar-refractivity contribution is 5.85. The van der Waals surface area contributed by atoms with E-state index in [1.165, 1.54) is 0 Å². The number of phenols is 1. The average molecular weight is 306 g/mol. The molecule has 0 aliphatic rings. The molecule has 1 heterocycles. The molecule has 1 unspecified atom stereocenters. The van der Waals surface area contributed by atoms with Crippen molar-refractivity contribution in [2.24, 2.45) is 5.92 Å². The molecule has 3 aromatic rings. The summed E-state index contributed by atoms with van der Waals surface area (Å²) in [4.78, 5) is 4.33. The van der Waals surface area contributed by atoms with Gasteiger partial charge in [-0.25, -0.2) is 0 Å². The van der Waals surface area contributed by atoms with Crippen molar-refractivity contribution >= 4 is 10.9 Å². The van der Waals surface area contributed by atoms with Gasteiger partial charge in [0.15, 0.2) is 0 Å². The number of pyridine rings is 1. The quantitative estimate of drug-likeness (QED) is 0.739. The zero-order valence-corrected chi connectivity index (χ0v) is 13.5. The van der Waals surface area contributed by atoms with Crippen LogP contribution in [0.1, 0.15) is 31.0 Å². The fourth-order valence-electron chi connectivity index (χ4n) is 2.78. The second-order valence-corrected chi connectivity index (χ2v) is 6.22. The van der Waals surface area contributed by atoms with E-state index in [0.29, 0.717) is 11.4 Å². The Morgan fingerprint density at radius 3 is 2.52 bits per heavy atom. The van der Waals surface area contributed by atoms with Crippen LogP contribution < -0.4 is 5.32 Å². The van der Waals surface area contributed by atoms with Crippen molar-refractivity contribution in [1.29, 1.82) is 0 Å². The molecule has 3 nitrogen and oxygen atoms in total. The van der Waals surface area contributed by atoms with Crippen molar-refractivity contribution in [3.8, 4) is 5.75 Å². The summed E-state index contributed by atoms with van der Waals surface area (Å²) in [5, 5.41) is 15.3. The number of nitrogens with zero attached hydrogens (tertiary/aromatic N) is 1. The van der Waals surface area contributed by atoms with Crippen molar-refractivity contribution in [2.45, 2.75) is 19.9 Å². The number of aromatic hydroxyl groups is 1. The van der Waals surface area contributed by atoms with Crippen LogP contribution in [0, 0.1) is 5.92 Å². The predicted octanol–water partition coefficient (Wildman–Crippen LogP) is 4.28. The monoisotopic (exact) mass is 306 g/mol. The third kappa shape index (κ3) is 3.35. The highest BCUT2D eigenvalue weighted by atomic mass is 16.3. The molecule has 0 saturated carbocycles. The van der Waals surface area contributed by atoms with Crippen molar-refractivity contribution < 1.29 is 5.11 Å². The first-order chi connectivity index (χ1) is 11.2. The van der Waals surface area contributed by atoms with E-state index in [1.807, 2.05) is 42.5 Å². The van der Waals surface area contributed by atoms with Crippen molar-refractivity contribution in [2.75, 3.05) is 6.54 Å². The van der Waals surface area contributed by atoms with Gasteiger partial charge < -0.3 is 10.4 Å². The van der Waals surface area contributed by atoms with E-state index >= 15 is 0 Å². The van der Waals surface area contributed by atoms with E-state index in [9.17, 15) is 5.11 Å². The van der Waals surface area contributed by atoms with E-state index in [-0.39, 0.29) is 11.8 Å². The van der Waals surface area contributed by atoms with Crippen LogP contribution in [0.15, 0.2) is 60.8 Å². The van der Waals surface area contributed by atoms with Gasteiger partial charge in [-0.15, -0.1) is 0 Å². The van der Waals surface area contributed by atoms with Crippen LogP contribution in [0.3, 0.4) is 0 Å². The molecule has 0 spiro atoms. The summed E-state index contributed by atoms with van der Waals surface area (Å²) >= 11 is 0. The van der Waals surface area contributed by atoms with Crippen LogP contribution in [-0.2, 0) is 0 Å². The molecule has 23 heavy (non-hydrogen) atoms. The first-order valence-electron chi connectivity index (χ1n) is 8.01. The van der Waals surface area contributed by atoms with Gasteiger partial charge in [-0.1, -0.05) is 62.4 Å². The number of phenolic OH excluding ortho intramolecular Hbond substituents is 1. The molecule has 3 heteroatoms. The number of aromatic nitrogens is 1. The Hall–Kier alpha value is -2.39. The minimum absolute atomic E-state index is 0.0509. The van der Waals surface area contributed by atoms with E-state index in [1.54, 1.807) is 6.20 Å². The lowest BCUT2D eigenvalue weighted by Crippen LogP contribution is -2.26. The third-order valence-corrected chi connectivity index (χ3v) is 3.95. The van der Waals surface area contributed by atoms with Crippen molar-refractivity contribution in [1.82, 2.24) is 10.3 Å². The number of nitrogens with one attached hydrogen (secondary N) is 1. The third-order valence-electron chi connectivity index (χ3n) is 3.95. The van der Waals surface area contributed by atoms with E-state index in [2.05, 4.69) is 36.3 Å². The smallest absolute Gasteiger partial charge is 0.146 e. The Morgan fingerprint density at radius 1 is 1.00 bits per heavy atom. The zero-order valence-electron chi connectivity index (χ0n) is 13.5. The Labute approximate surface area is 137 Å². The van der Waals surface area contributed by atoms with Gasteiger partial charge >= 0.3 is 0 Å². The maximum Gasteiger partial charge on any atom is 0.146 e. The van der Waals surface area contributed by atoms with Crippen molar-refractivity contribution in [3.63, 3.8) is 0 Å². The number of benzene rings is 2. The van der Waals surface area contributed by atoms with Gasteiger partial charge in [0.05, 0.1) is 6.04 Å². The van der Waals surface area contributed by atoms with Gasteiger partial charge in [-0.2, -0.15) is 0 Å². The lowest BCUT2D eigenvalue weighted by atomic mass is 9.96. The van der Waals surface area contributed by atoms with Gasteiger partial charge in [0.2, 0.25) is 0 Å². The molecule has 118 valence electrons. The van der Waals surface area contributed by atoms with Crippen LogP contribution in [-0.4, -0.2) is 16.6 Å². The molecule has 0 saturated heterocycles. The van der Waals surface area contributed by atoms with E-state index in [0.717, 1.165) is 23.1 Å². The molecule has 0 bridgehead atoms. The summed E-state index contributed by atoms with van der Waals surface area (Å²) in [7, 11) is 0. The van der Waals surface area contributed by atoms with E-state index < -0.39 is 0 Å². The van der Waals surface area contributed by atoms with Crippen LogP contribution in [0.4, 0.5) is 0 Å². The van der Waals surface area contributed by atoms with Gasteiger partial charge in [-0.05, 0) is 24.1 Å². The van der Waals surface area contributed by atoms with Crippen LogP contribution in [0.25, 0.3) is 10.9 Å². The topological polar surface area (TPSA) is 45.2 Å². The highest BCUT2D eigenvalue weighted by Gasteiger charge is 2.19. The molecule has 3 rings (SSSR count). The molecule has 1 atom stereocenters. The van der Waals surface area contributed by atoms with Gasteiger partial charge in [0, 0.05) is 17.1 Å². The molecule has 0 aliphatic carbocycles. The van der Waals surface area contributed by atoms with Gasteiger partial charge in [0.1, 0.15) is 11.3 Å².